The molecule has 7 nitrogen and oxygen atoms in total. The standard InChI is InChI=1S/C14H17N3O4S/c1-21-14(18)13-9-8-11(15-16-13)10-17(22(2,19)20)12-6-4-3-5-7-12/h3-9,15-16H,10H2,1-2H3. The third-order valence-corrected chi connectivity index (χ3v) is 4.11. The number of hydrogen-bond acceptors (Lipinski definition) is 6. The predicted octanol–water partition coefficient (Wildman–Crippen LogP) is 0.501. The zero-order valence-electron chi connectivity index (χ0n) is 12.2. The van der Waals surface area contributed by atoms with Crippen molar-refractivity contribution in [1.29, 1.82) is 0 Å². The maximum Gasteiger partial charge on any atom is 0.355 e. The van der Waals surface area contributed by atoms with Crippen molar-refractivity contribution in [2.45, 2.75) is 0 Å². The topological polar surface area (TPSA) is 87.7 Å². The van der Waals surface area contributed by atoms with Gasteiger partial charge in [-0.3, -0.25) is 9.73 Å². The first-order valence-electron chi connectivity index (χ1n) is 6.46. The molecule has 2 rings (SSSR count). The van der Waals surface area contributed by atoms with E-state index in [9.17, 15) is 13.2 Å². The minimum absolute atomic E-state index is 0.112. The molecular weight excluding hydrogens is 306 g/mol. The van der Waals surface area contributed by atoms with Crippen LogP contribution in [-0.2, 0) is 19.6 Å². The van der Waals surface area contributed by atoms with Crippen molar-refractivity contribution in [2.75, 3.05) is 24.2 Å². The van der Waals surface area contributed by atoms with Crippen LogP contribution in [0.5, 0.6) is 0 Å². The van der Waals surface area contributed by atoms with E-state index in [-0.39, 0.29) is 12.2 Å². The summed E-state index contributed by atoms with van der Waals surface area (Å²) in [6, 6.07) is 8.78. The van der Waals surface area contributed by atoms with Crippen LogP contribution in [0.25, 0.3) is 0 Å². The number of carbonyl (C=O) groups excluding carboxylic acids is 1. The van der Waals surface area contributed by atoms with Gasteiger partial charge in [-0.15, -0.1) is 0 Å². The fourth-order valence-corrected chi connectivity index (χ4v) is 2.76. The molecule has 2 N–H and O–H groups in total. The first kappa shape index (κ1) is 15.9. The Hall–Kier alpha value is -2.48. The average Bonchev–Trinajstić information content (AvgIpc) is 2.52. The molecular formula is C14H17N3O4S. The molecule has 1 aromatic carbocycles. The number of esters is 1. The van der Waals surface area contributed by atoms with Crippen LogP contribution in [0.3, 0.4) is 0 Å². The Morgan fingerprint density at radius 2 is 1.86 bits per heavy atom. The van der Waals surface area contributed by atoms with Gasteiger partial charge in [0.1, 0.15) is 5.70 Å². The molecule has 1 aliphatic heterocycles. The van der Waals surface area contributed by atoms with Crippen LogP contribution >= 0.6 is 0 Å². The number of para-hydroxylation sites is 1. The van der Waals surface area contributed by atoms with Gasteiger partial charge >= 0.3 is 5.97 Å². The summed E-state index contributed by atoms with van der Waals surface area (Å²) in [5.41, 5.74) is 6.88. The number of sulfonamides is 1. The van der Waals surface area contributed by atoms with E-state index < -0.39 is 16.0 Å². The number of hydrazine groups is 1. The number of rotatable bonds is 5. The van der Waals surface area contributed by atoms with Crippen molar-refractivity contribution >= 4 is 21.7 Å². The monoisotopic (exact) mass is 323 g/mol. The van der Waals surface area contributed by atoms with Gasteiger partial charge in [0.25, 0.3) is 0 Å². The normalized spacial score (nSPS) is 14.1. The van der Waals surface area contributed by atoms with Crippen LogP contribution in [0.1, 0.15) is 0 Å². The van der Waals surface area contributed by atoms with Crippen molar-refractivity contribution in [3.8, 4) is 0 Å². The first-order chi connectivity index (χ1) is 10.4. The molecule has 0 saturated carbocycles. The molecule has 1 aliphatic rings. The van der Waals surface area contributed by atoms with E-state index in [2.05, 4.69) is 15.6 Å². The first-order valence-corrected chi connectivity index (χ1v) is 8.30. The lowest BCUT2D eigenvalue weighted by Crippen LogP contribution is -2.42. The zero-order valence-corrected chi connectivity index (χ0v) is 13.1. The number of ether oxygens (including phenoxy) is 1. The summed E-state index contributed by atoms with van der Waals surface area (Å²) >= 11 is 0. The summed E-state index contributed by atoms with van der Waals surface area (Å²) in [6.45, 7) is 0.112. The summed E-state index contributed by atoms with van der Waals surface area (Å²) < 4.78 is 29.8. The van der Waals surface area contributed by atoms with Crippen LogP contribution in [-0.4, -0.2) is 34.3 Å². The fraction of sp³-hybridized carbons (Fsp3) is 0.214. The van der Waals surface area contributed by atoms with Gasteiger partial charge in [-0.1, -0.05) is 18.2 Å². The number of allylic oxidation sites excluding steroid dienone is 2. The Kier molecular flexibility index (Phi) is 4.71. The smallest absolute Gasteiger partial charge is 0.355 e. The Balaban J connectivity index is 2.22. The lowest BCUT2D eigenvalue weighted by Gasteiger charge is -2.26. The highest BCUT2D eigenvalue weighted by Crippen LogP contribution is 2.18. The van der Waals surface area contributed by atoms with Crippen molar-refractivity contribution < 1.29 is 17.9 Å². The molecule has 0 atom stereocenters. The summed E-state index contributed by atoms with van der Waals surface area (Å²) in [7, 11) is -2.16. The van der Waals surface area contributed by atoms with Crippen molar-refractivity contribution in [3.05, 3.63) is 53.9 Å². The largest absolute Gasteiger partial charge is 0.464 e. The Morgan fingerprint density at radius 3 is 2.36 bits per heavy atom. The molecule has 0 aromatic heterocycles. The van der Waals surface area contributed by atoms with Crippen LogP contribution in [0, 0.1) is 0 Å². The molecule has 0 amide bonds. The van der Waals surface area contributed by atoms with Crippen molar-refractivity contribution in [2.24, 2.45) is 0 Å². The molecule has 118 valence electrons. The van der Waals surface area contributed by atoms with Crippen molar-refractivity contribution in [1.82, 2.24) is 10.9 Å². The minimum atomic E-state index is -3.44. The maximum atomic E-state index is 12.0. The molecule has 1 heterocycles. The molecule has 0 radical (unpaired) electrons. The molecule has 0 fully saturated rings. The zero-order chi connectivity index (χ0) is 16.2. The van der Waals surface area contributed by atoms with Gasteiger partial charge in [0, 0.05) is 0 Å². The number of nitrogens with zero attached hydrogens (tertiary/aromatic N) is 1. The van der Waals surface area contributed by atoms with Crippen LogP contribution in [0.2, 0.25) is 0 Å². The van der Waals surface area contributed by atoms with E-state index in [4.69, 9.17) is 0 Å². The molecule has 0 bridgehead atoms. The van der Waals surface area contributed by atoms with Crippen molar-refractivity contribution in [3.63, 3.8) is 0 Å². The number of nitrogens with one attached hydrogen (secondary N) is 2. The molecule has 8 heteroatoms. The fourth-order valence-electron chi connectivity index (χ4n) is 1.89. The molecule has 1 aromatic rings. The number of anilines is 1. The number of hydrogen-bond donors (Lipinski definition) is 2. The summed E-state index contributed by atoms with van der Waals surface area (Å²) in [5, 5.41) is 0. The SMILES string of the molecule is COC(=O)C1=CC=C(CN(c2ccccc2)S(C)(=O)=O)NN1. The third-order valence-electron chi connectivity index (χ3n) is 2.97. The quantitative estimate of drug-likeness (QED) is 0.767. The molecule has 0 spiro atoms. The lowest BCUT2D eigenvalue weighted by molar-refractivity contribution is -0.136. The van der Waals surface area contributed by atoms with E-state index in [1.165, 1.54) is 17.5 Å². The minimum Gasteiger partial charge on any atom is -0.464 e. The number of carbonyl (C=O) groups is 1. The molecule has 0 aliphatic carbocycles. The summed E-state index contributed by atoms with van der Waals surface area (Å²) in [6.07, 6.45) is 4.31. The second-order valence-electron chi connectivity index (χ2n) is 4.62. The van der Waals surface area contributed by atoms with Gasteiger partial charge in [-0.2, -0.15) is 0 Å². The lowest BCUT2D eigenvalue weighted by atomic mass is 10.2. The molecule has 22 heavy (non-hydrogen) atoms. The maximum absolute atomic E-state index is 12.0. The van der Waals surface area contributed by atoms with Gasteiger partial charge in [-0.25, -0.2) is 13.2 Å². The van der Waals surface area contributed by atoms with Gasteiger partial charge in [0.05, 0.1) is 31.3 Å². The van der Waals surface area contributed by atoms with Gasteiger partial charge in [0.2, 0.25) is 10.0 Å². The second kappa shape index (κ2) is 6.52. The number of benzene rings is 1. The Morgan fingerprint density at radius 1 is 1.18 bits per heavy atom. The Labute approximate surface area is 129 Å². The predicted molar refractivity (Wildman–Crippen MR) is 83.1 cm³/mol. The summed E-state index contributed by atoms with van der Waals surface area (Å²) in [4.78, 5) is 11.3. The van der Waals surface area contributed by atoms with E-state index >= 15 is 0 Å². The third kappa shape index (κ3) is 3.79. The highest BCUT2D eigenvalue weighted by molar-refractivity contribution is 7.92. The highest BCUT2D eigenvalue weighted by Gasteiger charge is 2.20. The Bertz CT molecular complexity index is 711. The van der Waals surface area contributed by atoms with Gasteiger partial charge < -0.3 is 10.2 Å². The number of methoxy groups -OCH3 is 1. The van der Waals surface area contributed by atoms with E-state index in [0.29, 0.717) is 11.4 Å². The highest BCUT2D eigenvalue weighted by atomic mass is 32.2. The molecule has 0 unspecified atom stereocenters. The average molecular weight is 323 g/mol. The van der Waals surface area contributed by atoms with E-state index in [0.717, 1.165) is 6.26 Å². The van der Waals surface area contributed by atoms with Crippen LogP contribution in [0.4, 0.5) is 5.69 Å². The second-order valence-corrected chi connectivity index (χ2v) is 6.53. The van der Waals surface area contributed by atoms with Gasteiger partial charge in [0.15, 0.2) is 0 Å². The van der Waals surface area contributed by atoms with Gasteiger partial charge in [-0.05, 0) is 24.3 Å². The van der Waals surface area contributed by atoms with E-state index in [1.54, 1.807) is 30.3 Å². The molecule has 0 saturated heterocycles. The van der Waals surface area contributed by atoms with E-state index in [1.807, 2.05) is 6.07 Å². The van der Waals surface area contributed by atoms with Crippen LogP contribution in [0.15, 0.2) is 53.9 Å². The van der Waals surface area contributed by atoms with Crippen LogP contribution < -0.4 is 15.2 Å². The summed E-state index contributed by atoms with van der Waals surface area (Å²) in [5.74, 6) is -0.508.